The van der Waals surface area contributed by atoms with Crippen molar-refractivity contribution < 1.29 is 4.79 Å². The number of aliphatic imine (C=N–C) groups is 1. The number of benzene rings is 1. The number of guanidine groups is 1. The lowest BCUT2D eigenvalue weighted by molar-refractivity contribution is 0.0954. The minimum Gasteiger partial charge on any atom is -0.357 e. The van der Waals surface area contributed by atoms with Crippen LogP contribution in [-0.4, -0.2) is 36.5 Å². The summed E-state index contributed by atoms with van der Waals surface area (Å²) in [6.45, 7) is 8.37. The number of amides is 1. The molecule has 0 fully saturated rings. The summed E-state index contributed by atoms with van der Waals surface area (Å²) in [6.07, 6.45) is 0. The van der Waals surface area contributed by atoms with Crippen molar-refractivity contribution in [2.24, 2.45) is 4.99 Å². The van der Waals surface area contributed by atoms with E-state index in [-0.39, 0.29) is 5.91 Å². The molecular formula is C18H24ClN5OS. The van der Waals surface area contributed by atoms with Crippen molar-refractivity contribution in [1.82, 2.24) is 20.9 Å². The van der Waals surface area contributed by atoms with E-state index in [0.717, 1.165) is 17.2 Å². The van der Waals surface area contributed by atoms with Crippen LogP contribution < -0.4 is 16.0 Å². The van der Waals surface area contributed by atoms with Crippen LogP contribution in [0.4, 0.5) is 0 Å². The van der Waals surface area contributed by atoms with Gasteiger partial charge in [-0.1, -0.05) is 23.7 Å². The fourth-order valence-corrected chi connectivity index (χ4v) is 3.27. The van der Waals surface area contributed by atoms with Crippen LogP contribution >= 0.6 is 22.9 Å². The molecule has 1 aromatic carbocycles. The third-order valence-corrected chi connectivity index (χ3v) is 5.00. The summed E-state index contributed by atoms with van der Waals surface area (Å²) in [5, 5.41) is 10.7. The van der Waals surface area contributed by atoms with E-state index >= 15 is 0 Å². The largest absolute Gasteiger partial charge is 0.357 e. The Morgan fingerprint density at radius 2 is 1.92 bits per heavy atom. The summed E-state index contributed by atoms with van der Waals surface area (Å²) in [5.74, 6) is 0.512. The fraction of sp³-hybridized carbons (Fsp3) is 0.389. The molecule has 8 heteroatoms. The molecule has 0 aliphatic carbocycles. The normalized spacial score (nSPS) is 11.3. The van der Waals surface area contributed by atoms with Crippen molar-refractivity contribution in [2.75, 3.05) is 19.6 Å². The van der Waals surface area contributed by atoms with Gasteiger partial charge in [0.1, 0.15) is 5.01 Å². The molecular weight excluding hydrogens is 370 g/mol. The Hall–Kier alpha value is -2.12. The molecule has 1 heterocycles. The molecule has 0 aliphatic rings. The van der Waals surface area contributed by atoms with Gasteiger partial charge in [-0.05, 0) is 32.9 Å². The number of thiazole rings is 1. The fourth-order valence-electron chi connectivity index (χ4n) is 2.19. The first-order valence-corrected chi connectivity index (χ1v) is 9.68. The van der Waals surface area contributed by atoms with Gasteiger partial charge in [0.25, 0.3) is 5.91 Å². The molecule has 0 aliphatic heterocycles. The highest BCUT2D eigenvalue weighted by molar-refractivity contribution is 7.11. The lowest BCUT2D eigenvalue weighted by Crippen LogP contribution is -2.41. The van der Waals surface area contributed by atoms with E-state index in [1.54, 1.807) is 35.6 Å². The molecule has 140 valence electrons. The number of carbonyl (C=O) groups is 1. The lowest BCUT2D eigenvalue weighted by Gasteiger charge is -2.12. The quantitative estimate of drug-likeness (QED) is 0.384. The van der Waals surface area contributed by atoms with Crippen LogP contribution in [0, 0.1) is 13.8 Å². The average Bonchev–Trinajstić information content (AvgIpc) is 2.94. The van der Waals surface area contributed by atoms with E-state index in [0.29, 0.717) is 36.2 Å². The highest BCUT2D eigenvalue weighted by Crippen LogP contribution is 2.17. The second-order valence-corrected chi connectivity index (χ2v) is 7.30. The van der Waals surface area contributed by atoms with Crippen LogP contribution in [0.3, 0.4) is 0 Å². The highest BCUT2D eigenvalue weighted by Gasteiger charge is 2.08. The molecule has 1 aromatic heterocycles. The Morgan fingerprint density at radius 3 is 2.58 bits per heavy atom. The number of aromatic nitrogens is 1. The topological polar surface area (TPSA) is 78.4 Å². The third kappa shape index (κ3) is 6.00. The first kappa shape index (κ1) is 20.2. The predicted molar refractivity (Wildman–Crippen MR) is 108 cm³/mol. The highest BCUT2D eigenvalue weighted by atomic mass is 35.5. The van der Waals surface area contributed by atoms with E-state index in [1.807, 2.05) is 13.8 Å². The summed E-state index contributed by atoms with van der Waals surface area (Å²) in [5.41, 5.74) is 1.53. The molecule has 2 rings (SSSR count). The number of halogens is 1. The molecule has 26 heavy (non-hydrogen) atoms. The van der Waals surface area contributed by atoms with Gasteiger partial charge in [-0.2, -0.15) is 0 Å². The van der Waals surface area contributed by atoms with Crippen molar-refractivity contribution in [1.29, 1.82) is 0 Å². The van der Waals surface area contributed by atoms with E-state index in [4.69, 9.17) is 11.6 Å². The van der Waals surface area contributed by atoms with Crippen molar-refractivity contribution in [3.8, 4) is 0 Å². The van der Waals surface area contributed by atoms with Crippen LogP contribution in [0.1, 0.15) is 32.9 Å². The molecule has 6 nitrogen and oxygen atoms in total. The summed E-state index contributed by atoms with van der Waals surface area (Å²) in [7, 11) is 0. The van der Waals surface area contributed by atoms with Crippen LogP contribution in [-0.2, 0) is 6.54 Å². The first-order chi connectivity index (χ1) is 12.5. The maximum Gasteiger partial charge on any atom is 0.252 e. The van der Waals surface area contributed by atoms with Crippen molar-refractivity contribution in [3.05, 3.63) is 50.4 Å². The number of carbonyl (C=O) groups excluding carboxylic acids is 1. The SMILES string of the molecule is CCNC(=NCc1nc(C)c(C)s1)NCCNC(=O)c1ccccc1Cl. The zero-order valence-electron chi connectivity index (χ0n) is 15.2. The van der Waals surface area contributed by atoms with Crippen molar-refractivity contribution in [2.45, 2.75) is 27.3 Å². The van der Waals surface area contributed by atoms with Crippen LogP contribution in [0.5, 0.6) is 0 Å². The zero-order valence-corrected chi connectivity index (χ0v) is 16.8. The Kier molecular flexibility index (Phi) is 7.87. The van der Waals surface area contributed by atoms with Crippen LogP contribution in [0.15, 0.2) is 29.3 Å². The summed E-state index contributed by atoms with van der Waals surface area (Å²) < 4.78 is 0. The van der Waals surface area contributed by atoms with Gasteiger partial charge in [0.05, 0.1) is 22.8 Å². The monoisotopic (exact) mass is 393 g/mol. The van der Waals surface area contributed by atoms with Crippen molar-refractivity contribution in [3.63, 3.8) is 0 Å². The van der Waals surface area contributed by atoms with E-state index in [9.17, 15) is 4.79 Å². The van der Waals surface area contributed by atoms with E-state index < -0.39 is 0 Å². The Balaban J connectivity index is 1.81. The minimum absolute atomic E-state index is 0.187. The third-order valence-electron chi connectivity index (χ3n) is 3.61. The Labute approximate surface area is 163 Å². The van der Waals surface area contributed by atoms with Gasteiger partial charge in [-0.3, -0.25) is 4.79 Å². The van der Waals surface area contributed by atoms with Gasteiger partial charge in [0.2, 0.25) is 0 Å². The van der Waals surface area contributed by atoms with Crippen molar-refractivity contribution >= 4 is 34.8 Å². The second-order valence-electron chi connectivity index (χ2n) is 5.61. The number of hydrogen-bond acceptors (Lipinski definition) is 4. The number of hydrogen-bond donors (Lipinski definition) is 3. The molecule has 0 radical (unpaired) electrons. The molecule has 0 atom stereocenters. The number of nitrogens with one attached hydrogen (secondary N) is 3. The average molecular weight is 394 g/mol. The predicted octanol–water partition coefficient (Wildman–Crippen LogP) is 2.90. The van der Waals surface area contributed by atoms with Gasteiger partial charge in [-0.15, -0.1) is 11.3 Å². The maximum absolute atomic E-state index is 12.1. The van der Waals surface area contributed by atoms with E-state index in [1.165, 1.54) is 4.88 Å². The molecule has 0 saturated carbocycles. The molecule has 2 aromatic rings. The smallest absolute Gasteiger partial charge is 0.252 e. The Morgan fingerprint density at radius 1 is 1.19 bits per heavy atom. The lowest BCUT2D eigenvalue weighted by atomic mass is 10.2. The van der Waals surface area contributed by atoms with E-state index in [2.05, 4.69) is 32.9 Å². The van der Waals surface area contributed by atoms with Crippen LogP contribution in [0.25, 0.3) is 0 Å². The minimum atomic E-state index is -0.187. The first-order valence-electron chi connectivity index (χ1n) is 8.49. The standard InChI is InChI=1S/C18H24ClN5OS/c1-4-20-18(23-11-16-24-12(2)13(3)26-16)22-10-9-21-17(25)14-7-5-6-8-15(14)19/h5-8H,4,9-11H2,1-3H3,(H,21,25)(H2,20,22,23). The van der Waals surface area contributed by atoms with Gasteiger partial charge in [0.15, 0.2) is 5.96 Å². The van der Waals surface area contributed by atoms with Gasteiger partial charge in [0, 0.05) is 24.5 Å². The second kappa shape index (κ2) is 10.1. The summed E-state index contributed by atoms with van der Waals surface area (Å²) in [6, 6.07) is 6.99. The van der Waals surface area contributed by atoms with Gasteiger partial charge in [-0.25, -0.2) is 9.98 Å². The number of aryl methyl sites for hydroxylation is 2. The zero-order chi connectivity index (χ0) is 18.9. The molecule has 0 bridgehead atoms. The number of rotatable bonds is 7. The Bertz CT molecular complexity index is 755. The molecule has 1 amide bonds. The van der Waals surface area contributed by atoms with Gasteiger partial charge < -0.3 is 16.0 Å². The summed E-state index contributed by atoms with van der Waals surface area (Å²) >= 11 is 7.69. The van der Waals surface area contributed by atoms with Gasteiger partial charge >= 0.3 is 0 Å². The molecule has 3 N–H and O–H groups in total. The molecule has 0 unspecified atom stereocenters. The molecule has 0 spiro atoms. The van der Waals surface area contributed by atoms with Crippen LogP contribution in [0.2, 0.25) is 5.02 Å². The number of nitrogens with zero attached hydrogens (tertiary/aromatic N) is 2. The molecule has 0 saturated heterocycles. The summed E-state index contributed by atoms with van der Waals surface area (Å²) in [4.78, 5) is 22.3. The maximum atomic E-state index is 12.1.